The van der Waals surface area contributed by atoms with Crippen LogP contribution in [0.25, 0.3) is 0 Å². The van der Waals surface area contributed by atoms with Gasteiger partial charge in [0.05, 0.1) is 19.1 Å². The summed E-state index contributed by atoms with van der Waals surface area (Å²) in [5, 5.41) is 12.2. The number of nitriles is 1. The lowest BCUT2D eigenvalue weighted by Gasteiger charge is -2.43. The molecule has 1 atom stereocenters. The molecule has 1 N–H and O–H groups in total. The van der Waals surface area contributed by atoms with Crippen LogP contribution in [-0.2, 0) is 4.74 Å². The maximum atomic E-state index is 8.72. The van der Waals surface area contributed by atoms with E-state index in [-0.39, 0.29) is 11.6 Å². The van der Waals surface area contributed by atoms with Crippen LogP contribution >= 0.6 is 0 Å². The van der Waals surface area contributed by atoms with Crippen molar-refractivity contribution in [2.45, 2.75) is 31.8 Å². The molecule has 0 aromatic rings. The van der Waals surface area contributed by atoms with E-state index >= 15 is 0 Å². The molecule has 1 heterocycles. The van der Waals surface area contributed by atoms with Crippen LogP contribution in [0.4, 0.5) is 0 Å². The Kier molecular flexibility index (Phi) is 4.52. The monoisotopic (exact) mass is 211 g/mol. The molecular formula is C11H21N3O. The van der Waals surface area contributed by atoms with Gasteiger partial charge < -0.3 is 10.1 Å². The maximum Gasteiger partial charge on any atom is 0.0638 e. The standard InChI is InChI=1S/C11H21N3O/c1-11(2)9-14(6-7-15-3)8-10(13-11)4-5-12/h10,13H,4,6-9H2,1-3H3. The quantitative estimate of drug-likeness (QED) is 0.739. The first-order valence-electron chi connectivity index (χ1n) is 5.43. The van der Waals surface area contributed by atoms with E-state index in [1.165, 1.54) is 0 Å². The fourth-order valence-corrected chi connectivity index (χ4v) is 2.20. The Labute approximate surface area is 92.2 Å². The highest BCUT2D eigenvalue weighted by Crippen LogP contribution is 2.15. The molecule has 0 aliphatic carbocycles. The molecule has 1 saturated heterocycles. The Morgan fingerprint density at radius 2 is 2.33 bits per heavy atom. The van der Waals surface area contributed by atoms with Crippen LogP contribution in [0.1, 0.15) is 20.3 Å². The summed E-state index contributed by atoms with van der Waals surface area (Å²) in [6, 6.07) is 2.52. The zero-order chi connectivity index (χ0) is 11.3. The number of rotatable bonds is 4. The molecule has 0 amide bonds. The first-order valence-corrected chi connectivity index (χ1v) is 5.43. The van der Waals surface area contributed by atoms with Crippen molar-refractivity contribution in [3.05, 3.63) is 0 Å². The van der Waals surface area contributed by atoms with Crippen molar-refractivity contribution in [1.82, 2.24) is 10.2 Å². The second kappa shape index (κ2) is 5.45. The van der Waals surface area contributed by atoms with Gasteiger partial charge in [-0.1, -0.05) is 0 Å². The molecule has 1 aliphatic rings. The second-order valence-electron chi connectivity index (χ2n) is 4.82. The third-order valence-electron chi connectivity index (χ3n) is 2.64. The normalized spacial score (nSPS) is 26.1. The minimum Gasteiger partial charge on any atom is -0.383 e. The van der Waals surface area contributed by atoms with Crippen molar-refractivity contribution in [3.8, 4) is 6.07 Å². The highest BCUT2D eigenvalue weighted by atomic mass is 16.5. The lowest BCUT2D eigenvalue weighted by Crippen LogP contribution is -2.62. The topological polar surface area (TPSA) is 48.3 Å². The van der Waals surface area contributed by atoms with Crippen LogP contribution in [0.2, 0.25) is 0 Å². The van der Waals surface area contributed by atoms with E-state index in [1.54, 1.807) is 7.11 Å². The van der Waals surface area contributed by atoms with Gasteiger partial charge in [-0.05, 0) is 13.8 Å². The molecule has 0 radical (unpaired) electrons. The Bertz CT molecular complexity index is 234. The second-order valence-corrected chi connectivity index (χ2v) is 4.82. The van der Waals surface area contributed by atoms with Crippen LogP contribution in [0.5, 0.6) is 0 Å². The van der Waals surface area contributed by atoms with Crippen molar-refractivity contribution in [3.63, 3.8) is 0 Å². The van der Waals surface area contributed by atoms with Gasteiger partial charge in [0.2, 0.25) is 0 Å². The van der Waals surface area contributed by atoms with Gasteiger partial charge in [-0.2, -0.15) is 5.26 Å². The molecule has 0 aromatic carbocycles. The summed E-state index contributed by atoms with van der Waals surface area (Å²) >= 11 is 0. The summed E-state index contributed by atoms with van der Waals surface area (Å²) in [4.78, 5) is 2.36. The fourth-order valence-electron chi connectivity index (χ4n) is 2.20. The fraction of sp³-hybridized carbons (Fsp3) is 0.909. The van der Waals surface area contributed by atoms with E-state index in [4.69, 9.17) is 10.00 Å². The molecule has 15 heavy (non-hydrogen) atoms. The number of nitrogens with zero attached hydrogens (tertiary/aromatic N) is 2. The molecule has 1 fully saturated rings. The molecular weight excluding hydrogens is 190 g/mol. The zero-order valence-corrected chi connectivity index (χ0v) is 9.92. The number of ether oxygens (including phenoxy) is 1. The van der Waals surface area contributed by atoms with Crippen LogP contribution in [0.3, 0.4) is 0 Å². The van der Waals surface area contributed by atoms with E-state index in [2.05, 4.69) is 30.1 Å². The van der Waals surface area contributed by atoms with Crippen molar-refractivity contribution in [2.24, 2.45) is 0 Å². The van der Waals surface area contributed by atoms with E-state index in [9.17, 15) is 0 Å². The highest BCUT2D eigenvalue weighted by Gasteiger charge is 2.31. The summed E-state index contributed by atoms with van der Waals surface area (Å²) in [6.45, 7) is 8.02. The molecule has 1 aliphatic heterocycles. The molecule has 0 bridgehead atoms. The van der Waals surface area contributed by atoms with Gasteiger partial charge in [-0.3, -0.25) is 4.90 Å². The first-order chi connectivity index (χ1) is 7.07. The predicted octanol–water partition coefficient (Wildman–Crippen LogP) is 0.599. The minimum atomic E-state index is 0.0908. The molecule has 0 aromatic heterocycles. The minimum absolute atomic E-state index is 0.0908. The zero-order valence-electron chi connectivity index (χ0n) is 9.92. The molecule has 4 heteroatoms. The van der Waals surface area contributed by atoms with Crippen molar-refractivity contribution in [1.29, 1.82) is 5.26 Å². The van der Waals surface area contributed by atoms with Gasteiger partial charge in [0, 0.05) is 38.3 Å². The molecule has 1 rings (SSSR count). The van der Waals surface area contributed by atoms with Crippen molar-refractivity contribution in [2.75, 3.05) is 33.4 Å². The predicted molar refractivity (Wildman–Crippen MR) is 59.5 cm³/mol. The lowest BCUT2D eigenvalue weighted by molar-refractivity contribution is 0.0845. The highest BCUT2D eigenvalue weighted by molar-refractivity contribution is 4.95. The Hall–Kier alpha value is -0.630. The molecule has 4 nitrogen and oxygen atoms in total. The van der Waals surface area contributed by atoms with Crippen LogP contribution in [-0.4, -0.2) is 49.8 Å². The Morgan fingerprint density at radius 1 is 1.60 bits per heavy atom. The Balaban J connectivity index is 2.48. The maximum absolute atomic E-state index is 8.72. The van der Waals surface area contributed by atoms with E-state index in [1.807, 2.05) is 0 Å². The summed E-state index contributed by atoms with van der Waals surface area (Å²) in [6.07, 6.45) is 0.576. The van der Waals surface area contributed by atoms with Gasteiger partial charge in [0.25, 0.3) is 0 Å². The van der Waals surface area contributed by atoms with Crippen LogP contribution < -0.4 is 5.32 Å². The summed E-state index contributed by atoms with van der Waals surface area (Å²) in [5.41, 5.74) is 0.0908. The lowest BCUT2D eigenvalue weighted by atomic mass is 9.97. The molecule has 0 saturated carbocycles. The van der Waals surface area contributed by atoms with Gasteiger partial charge in [-0.15, -0.1) is 0 Å². The summed E-state index contributed by atoms with van der Waals surface area (Å²) < 4.78 is 5.08. The third-order valence-corrected chi connectivity index (χ3v) is 2.64. The SMILES string of the molecule is COCCN1CC(CC#N)NC(C)(C)C1. The number of hydrogen-bond acceptors (Lipinski definition) is 4. The molecule has 86 valence electrons. The van der Waals surface area contributed by atoms with E-state index < -0.39 is 0 Å². The van der Waals surface area contributed by atoms with Crippen molar-refractivity contribution >= 4 is 0 Å². The third kappa shape index (κ3) is 4.17. The average molecular weight is 211 g/mol. The van der Waals surface area contributed by atoms with E-state index in [0.29, 0.717) is 6.42 Å². The van der Waals surface area contributed by atoms with E-state index in [0.717, 1.165) is 26.2 Å². The van der Waals surface area contributed by atoms with Crippen LogP contribution in [0.15, 0.2) is 0 Å². The van der Waals surface area contributed by atoms with Crippen LogP contribution in [0, 0.1) is 11.3 Å². The Morgan fingerprint density at radius 3 is 2.93 bits per heavy atom. The summed E-state index contributed by atoms with van der Waals surface area (Å²) in [5.74, 6) is 0. The van der Waals surface area contributed by atoms with Gasteiger partial charge in [0.1, 0.15) is 0 Å². The van der Waals surface area contributed by atoms with Gasteiger partial charge in [-0.25, -0.2) is 0 Å². The number of hydrogen-bond donors (Lipinski definition) is 1. The molecule has 1 unspecified atom stereocenters. The number of methoxy groups -OCH3 is 1. The van der Waals surface area contributed by atoms with Gasteiger partial charge in [0.15, 0.2) is 0 Å². The summed E-state index contributed by atoms with van der Waals surface area (Å²) in [7, 11) is 1.72. The number of piperazine rings is 1. The van der Waals surface area contributed by atoms with Crippen molar-refractivity contribution < 1.29 is 4.74 Å². The average Bonchev–Trinajstić information content (AvgIpc) is 2.13. The first kappa shape index (κ1) is 12.4. The number of nitrogens with one attached hydrogen (secondary N) is 1. The van der Waals surface area contributed by atoms with Gasteiger partial charge >= 0.3 is 0 Å². The molecule has 0 spiro atoms. The smallest absolute Gasteiger partial charge is 0.0638 e. The largest absolute Gasteiger partial charge is 0.383 e.